The molecule has 0 atom stereocenters. The van der Waals surface area contributed by atoms with Gasteiger partial charge in [0.1, 0.15) is 11.5 Å². The van der Waals surface area contributed by atoms with Crippen molar-refractivity contribution in [3.8, 4) is 17.0 Å². The van der Waals surface area contributed by atoms with Gasteiger partial charge in [-0.15, -0.1) is 0 Å². The highest BCUT2D eigenvalue weighted by molar-refractivity contribution is 5.85. The minimum atomic E-state index is 0.0275. The summed E-state index contributed by atoms with van der Waals surface area (Å²) in [5, 5.41) is 11.5. The first-order valence-electron chi connectivity index (χ1n) is 9.60. The fourth-order valence-corrected chi connectivity index (χ4v) is 3.67. The Bertz CT molecular complexity index is 1010. The predicted molar refractivity (Wildman–Crippen MR) is 109 cm³/mol. The van der Waals surface area contributed by atoms with E-state index in [1.165, 1.54) is 12.5 Å². The topological polar surface area (TPSA) is 62.7 Å². The van der Waals surface area contributed by atoms with Gasteiger partial charge in [-0.3, -0.25) is 9.69 Å². The van der Waals surface area contributed by atoms with Crippen LogP contribution in [-0.4, -0.2) is 47.1 Å². The molecule has 3 aromatic rings. The molecule has 0 radical (unpaired) electrons. The van der Waals surface area contributed by atoms with Crippen LogP contribution in [0.15, 0.2) is 48.5 Å². The third-order valence-electron chi connectivity index (χ3n) is 5.12. The Kier molecular flexibility index (Phi) is 5.37. The van der Waals surface area contributed by atoms with Crippen LogP contribution in [0.3, 0.4) is 0 Å². The van der Waals surface area contributed by atoms with E-state index in [4.69, 9.17) is 9.72 Å². The molecule has 2 heterocycles. The molecular formula is C23H24N2O3. The number of carbonyl (C=O) groups is 1. The second-order valence-corrected chi connectivity index (χ2v) is 7.29. The Morgan fingerprint density at radius 1 is 1.11 bits per heavy atom. The number of benzene rings is 2. The average Bonchev–Trinajstić information content (AvgIpc) is 2.70. The highest BCUT2D eigenvalue weighted by Gasteiger charge is 2.15. The number of phenols is 1. The third-order valence-corrected chi connectivity index (χ3v) is 5.12. The van der Waals surface area contributed by atoms with Gasteiger partial charge in [-0.25, -0.2) is 4.98 Å². The zero-order chi connectivity index (χ0) is 19.5. The molecule has 1 N–H and O–H groups in total. The van der Waals surface area contributed by atoms with Crippen molar-refractivity contribution in [1.82, 2.24) is 9.88 Å². The molecule has 1 aliphatic rings. The van der Waals surface area contributed by atoms with Gasteiger partial charge in [-0.05, 0) is 30.7 Å². The molecule has 1 saturated heterocycles. The van der Waals surface area contributed by atoms with Gasteiger partial charge >= 0.3 is 0 Å². The van der Waals surface area contributed by atoms with E-state index >= 15 is 0 Å². The zero-order valence-corrected chi connectivity index (χ0v) is 16.0. The standard InChI is InChI=1S/C23H24N2O3/c1-16(26)12-18-7-6-17(14-23(18)27)22-13-19(15-25-8-10-28-11-9-25)20-4-2-3-5-21(20)24-22/h2-7,13-14,27H,8-12,15H2,1H3. The van der Waals surface area contributed by atoms with Gasteiger partial charge in [0.15, 0.2) is 0 Å². The van der Waals surface area contributed by atoms with Crippen LogP contribution in [0.1, 0.15) is 18.1 Å². The van der Waals surface area contributed by atoms with Crippen LogP contribution in [-0.2, 0) is 22.5 Å². The maximum Gasteiger partial charge on any atom is 0.134 e. The first kappa shape index (κ1) is 18.6. The number of nitrogens with zero attached hydrogens (tertiary/aromatic N) is 2. The summed E-state index contributed by atoms with van der Waals surface area (Å²) in [5.74, 6) is 0.164. The lowest BCUT2D eigenvalue weighted by Gasteiger charge is -2.27. The van der Waals surface area contributed by atoms with E-state index in [2.05, 4.69) is 17.0 Å². The van der Waals surface area contributed by atoms with Gasteiger partial charge in [0.05, 0.1) is 24.4 Å². The normalized spacial score (nSPS) is 15.0. The Balaban J connectivity index is 1.73. The number of rotatable bonds is 5. The van der Waals surface area contributed by atoms with Crippen LogP contribution in [0, 0.1) is 0 Å². The number of pyridine rings is 1. The van der Waals surface area contributed by atoms with E-state index in [0.717, 1.165) is 55.0 Å². The average molecular weight is 376 g/mol. The molecular weight excluding hydrogens is 352 g/mol. The highest BCUT2D eigenvalue weighted by Crippen LogP contribution is 2.29. The Hall–Kier alpha value is -2.76. The molecule has 1 aliphatic heterocycles. The number of fused-ring (bicyclic) bond motifs is 1. The van der Waals surface area contributed by atoms with Crippen molar-refractivity contribution >= 4 is 16.7 Å². The lowest BCUT2D eigenvalue weighted by atomic mass is 10.0. The van der Waals surface area contributed by atoms with Crippen molar-refractivity contribution in [2.24, 2.45) is 0 Å². The van der Waals surface area contributed by atoms with E-state index in [1.807, 2.05) is 30.3 Å². The minimum absolute atomic E-state index is 0.0275. The summed E-state index contributed by atoms with van der Waals surface area (Å²) in [6, 6.07) is 15.7. The molecule has 28 heavy (non-hydrogen) atoms. The molecule has 0 bridgehead atoms. The summed E-state index contributed by atoms with van der Waals surface area (Å²) in [4.78, 5) is 18.6. The molecule has 0 saturated carbocycles. The first-order valence-corrected chi connectivity index (χ1v) is 9.60. The van der Waals surface area contributed by atoms with Crippen LogP contribution >= 0.6 is 0 Å². The Morgan fingerprint density at radius 2 is 1.89 bits per heavy atom. The number of aromatic hydroxyl groups is 1. The van der Waals surface area contributed by atoms with Crippen molar-refractivity contribution in [2.45, 2.75) is 19.9 Å². The van der Waals surface area contributed by atoms with Crippen molar-refractivity contribution in [3.63, 3.8) is 0 Å². The molecule has 0 aliphatic carbocycles. The minimum Gasteiger partial charge on any atom is -0.508 e. The van der Waals surface area contributed by atoms with Gasteiger partial charge in [-0.1, -0.05) is 30.3 Å². The second-order valence-electron chi connectivity index (χ2n) is 7.29. The Labute approximate surface area is 164 Å². The summed E-state index contributed by atoms with van der Waals surface area (Å²) in [7, 11) is 0. The number of morpholine rings is 1. The number of carbonyl (C=O) groups excluding carboxylic acids is 1. The van der Waals surface area contributed by atoms with Crippen LogP contribution < -0.4 is 0 Å². The lowest BCUT2D eigenvalue weighted by Crippen LogP contribution is -2.35. The van der Waals surface area contributed by atoms with Gasteiger partial charge in [0.25, 0.3) is 0 Å². The molecule has 5 nitrogen and oxygen atoms in total. The smallest absolute Gasteiger partial charge is 0.134 e. The lowest BCUT2D eigenvalue weighted by molar-refractivity contribution is -0.116. The SMILES string of the molecule is CC(=O)Cc1ccc(-c2cc(CN3CCOCC3)c3ccccc3n2)cc1O. The number of aromatic nitrogens is 1. The third kappa shape index (κ3) is 4.06. The summed E-state index contributed by atoms with van der Waals surface area (Å²) in [5.41, 5.74) is 4.47. The fourth-order valence-electron chi connectivity index (χ4n) is 3.67. The van der Waals surface area contributed by atoms with Gasteiger partial charge in [-0.2, -0.15) is 0 Å². The van der Waals surface area contributed by atoms with Gasteiger partial charge in [0, 0.05) is 42.6 Å². The summed E-state index contributed by atoms with van der Waals surface area (Å²) < 4.78 is 5.46. The van der Waals surface area contributed by atoms with E-state index in [1.54, 1.807) is 6.07 Å². The number of para-hydroxylation sites is 1. The van der Waals surface area contributed by atoms with Crippen molar-refractivity contribution in [3.05, 3.63) is 59.7 Å². The second kappa shape index (κ2) is 8.09. The number of Topliss-reactive ketones (excluding diaryl/α,β-unsaturated/α-hetero) is 1. The maximum absolute atomic E-state index is 11.4. The first-order chi connectivity index (χ1) is 13.6. The van der Waals surface area contributed by atoms with Crippen molar-refractivity contribution < 1.29 is 14.6 Å². The summed E-state index contributed by atoms with van der Waals surface area (Å²) in [6.45, 7) is 5.74. The van der Waals surface area contributed by atoms with Crippen LogP contribution in [0.2, 0.25) is 0 Å². The van der Waals surface area contributed by atoms with Crippen LogP contribution in [0.5, 0.6) is 5.75 Å². The molecule has 0 amide bonds. The van der Waals surface area contributed by atoms with Gasteiger partial charge < -0.3 is 9.84 Å². The molecule has 5 heteroatoms. The number of phenolic OH excluding ortho intramolecular Hbond substituents is 1. The Morgan fingerprint density at radius 3 is 2.64 bits per heavy atom. The zero-order valence-electron chi connectivity index (χ0n) is 16.0. The molecule has 1 fully saturated rings. The molecule has 0 spiro atoms. The van der Waals surface area contributed by atoms with Crippen molar-refractivity contribution in [2.75, 3.05) is 26.3 Å². The highest BCUT2D eigenvalue weighted by atomic mass is 16.5. The van der Waals surface area contributed by atoms with E-state index in [0.29, 0.717) is 5.56 Å². The predicted octanol–water partition coefficient (Wildman–Crippen LogP) is 3.57. The van der Waals surface area contributed by atoms with E-state index in [9.17, 15) is 9.90 Å². The molecule has 1 aromatic heterocycles. The molecule has 2 aromatic carbocycles. The van der Waals surface area contributed by atoms with E-state index < -0.39 is 0 Å². The van der Waals surface area contributed by atoms with Crippen LogP contribution in [0.25, 0.3) is 22.2 Å². The largest absolute Gasteiger partial charge is 0.508 e. The monoisotopic (exact) mass is 376 g/mol. The molecule has 4 rings (SSSR count). The van der Waals surface area contributed by atoms with Crippen molar-refractivity contribution in [1.29, 1.82) is 0 Å². The van der Waals surface area contributed by atoms with Gasteiger partial charge in [0.2, 0.25) is 0 Å². The maximum atomic E-state index is 11.4. The van der Waals surface area contributed by atoms with Crippen LogP contribution in [0.4, 0.5) is 0 Å². The fraction of sp³-hybridized carbons (Fsp3) is 0.304. The molecule has 144 valence electrons. The number of hydrogen-bond donors (Lipinski definition) is 1. The number of ketones is 1. The summed E-state index contributed by atoms with van der Waals surface area (Å²) >= 11 is 0. The number of hydrogen-bond acceptors (Lipinski definition) is 5. The summed E-state index contributed by atoms with van der Waals surface area (Å²) in [6.07, 6.45) is 0.236. The van der Waals surface area contributed by atoms with E-state index in [-0.39, 0.29) is 18.0 Å². The number of ether oxygens (including phenoxy) is 1. The quantitative estimate of drug-likeness (QED) is 0.738. The molecule has 0 unspecified atom stereocenters.